The van der Waals surface area contributed by atoms with Crippen molar-refractivity contribution in [1.29, 1.82) is 0 Å². The Morgan fingerprint density at radius 2 is 1.11 bits per heavy atom. The summed E-state index contributed by atoms with van der Waals surface area (Å²) < 4.78 is 16.8. The van der Waals surface area contributed by atoms with Gasteiger partial charge >= 0.3 is 7.82 Å². The first kappa shape index (κ1) is 27.1. The Kier molecular flexibility index (Phi) is 16.0. The third-order valence-electron chi connectivity index (χ3n) is 4.92. The van der Waals surface area contributed by atoms with E-state index in [1.54, 1.807) is 0 Å². The maximum atomic E-state index is 11.1. The minimum Gasteiger partial charge on any atom is -0.329 e. The summed E-state index contributed by atoms with van der Waals surface area (Å²) in [6.07, 6.45) is 18.7. The molecule has 0 amide bonds. The first-order valence-electron chi connectivity index (χ1n) is 11.2. The van der Waals surface area contributed by atoms with Crippen molar-refractivity contribution in [3.8, 4) is 0 Å². The van der Waals surface area contributed by atoms with Gasteiger partial charge < -0.3 is 14.3 Å². The average molecular weight is 409 g/mol. The second-order valence-corrected chi connectivity index (χ2v) is 10.3. The third-order valence-corrected chi connectivity index (χ3v) is 5.49. The number of hydrogen-bond acceptors (Lipinski definition) is 2. The van der Waals surface area contributed by atoms with Gasteiger partial charge in [-0.2, -0.15) is 0 Å². The maximum absolute atomic E-state index is 11.1. The lowest BCUT2D eigenvalue weighted by Gasteiger charge is -2.29. The van der Waals surface area contributed by atoms with E-state index >= 15 is 0 Å². The quantitative estimate of drug-likeness (QED) is 0.155. The van der Waals surface area contributed by atoms with Gasteiger partial charge in [0.1, 0.15) is 12.6 Å². The highest BCUT2D eigenvalue weighted by atomic mass is 31.2. The van der Waals surface area contributed by atoms with Gasteiger partial charge in [-0.1, -0.05) is 96.8 Å². The van der Waals surface area contributed by atoms with E-state index < -0.39 is 7.82 Å². The molecule has 0 saturated carbocycles. The molecule has 0 rings (SSSR count). The normalized spacial score (nSPS) is 13.9. The predicted octanol–water partition coefficient (Wildman–Crippen LogP) is 6.04. The second kappa shape index (κ2) is 15.9. The summed E-state index contributed by atoms with van der Waals surface area (Å²) in [6, 6.07) is 0. The van der Waals surface area contributed by atoms with Crippen LogP contribution in [0.25, 0.3) is 0 Å². The maximum Gasteiger partial charge on any atom is 0.470 e. The first-order chi connectivity index (χ1) is 12.6. The van der Waals surface area contributed by atoms with Gasteiger partial charge in [-0.3, -0.25) is 4.52 Å². The molecule has 0 aromatic carbocycles. The van der Waals surface area contributed by atoms with Gasteiger partial charge in [0, 0.05) is 0 Å². The van der Waals surface area contributed by atoms with Crippen LogP contribution < -0.4 is 0 Å². The molecule has 0 bridgehead atoms. The molecule has 5 nitrogen and oxygen atoms in total. The first-order valence-corrected chi connectivity index (χ1v) is 12.7. The van der Waals surface area contributed by atoms with Crippen molar-refractivity contribution in [1.82, 2.24) is 0 Å². The SMILES string of the molecule is CCCCCCCCCCCCCCCC[C@H](C[N+](C)(C)C)OP(=O)(O)O. The smallest absolute Gasteiger partial charge is 0.329 e. The number of nitrogens with zero attached hydrogens (tertiary/aromatic N) is 1. The molecule has 0 unspecified atom stereocenters. The molecule has 0 aromatic heterocycles. The molecule has 0 aliphatic heterocycles. The van der Waals surface area contributed by atoms with Crippen molar-refractivity contribution < 1.29 is 23.4 Å². The van der Waals surface area contributed by atoms with Gasteiger partial charge in [0.05, 0.1) is 21.1 Å². The zero-order valence-corrected chi connectivity index (χ0v) is 19.4. The molecule has 6 heteroatoms. The van der Waals surface area contributed by atoms with Crippen LogP contribution in [0.5, 0.6) is 0 Å². The fourth-order valence-corrected chi connectivity index (χ4v) is 4.11. The molecule has 0 spiro atoms. The molecule has 1 atom stereocenters. The summed E-state index contributed by atoms with van der Waals surface area (Å²) in [7, 11) is 1.64. The number of hydrogen-bond donors (Lipinski definition) is 2. The molecule has 27 heavy (non-hydrogen) atoms. The summed E-state index contributed by atoms with van der Waals surface area (Å²) in [6.45, 7) is 2.88. The van der Waals surface area contributed by atoms with Crippen LogP contribution in [-0.2, 0) is 9.09 Å². The van der Waals surface area contributed by atoms with E-state index in [-0.39, 0.29) is 6.10 Å². The summed E-state index contributed by atoms with van der Waals surface area (Å²) in [5.74, 6) is 0. The summed E-state index contributed by atoms with van der Waals surface area (Å²) in [4.78, 5) is 18.2. The number of phosphoric ester groups is 1. The van der Waals surface area contributed by atoms with Crippen LogP contribution in [0.2, 0.25) is 0 Å². The van der Waals surface area contributed by atoms with Gasteiger partial charge in [0.2, 0.25) is 0 Å². The monoisotopic (exact) mass is 408 g/mol. The Labute approximate surface area is 168 Å². The largest absolute Gasteiger partial charge is 0.470 e. The van der Waals surface area contributed by atoms with Crippen LogP contribution in [-0.4, -0.2) is 48.1 Å². The van der Waals surface area contributed by atoms with E-state index in [0.29, 0.717) is 11.0 Å². The lowest BCUT2D eigenvalue weighted by Crippen LogP contribution is -2.42. The number of phosphoric acid groups is 1. The topological polar surface area (TPSA) is 66.8 Å². The zero-order chi connectivity index (χ0) is 20.6. The van der Waals surface area contributed by atoms with Crippen LogP contribution in [0, 0.1) is 0 Å². The van der Waals surface area contributed by atoms with E-state index in [0.717, 1.165) is 19.3 Å². The molecule has 0 saturated heterocycles. The van der Waals surface area contributed by atoms with Crippen molar-refractivity contribution in [3.05, 3.63) is 0 Å². The minimum atomic E-state index is -4.41. The highest BCUT2D eigenvalue weighted by Gasteiger charge is 2.26. The predicted molar refractivity (Wildman–Crippen MR) is 115 cm³/mol. The Bertz CT molecular complexity index is 379. The molecule has 0 radical (unpaired) electrons. The molecule has 164 valence electrons. The number of likely N-dealkylation sites (N-methyl/N-ethyl adjacent to an activating group) is 1. The third kappa shape index (κ3) is 22.2. The minimum absolute atomic E-state index is 0.372. The van der Waals surface area contributed by atoms with Crippen molar-refractivity contribution in [2.24, 2.45) is 0 Å². The zero-order valence-electron chi connectivity index (χ0n) is 18.5. The van der Waals surface area contributed by atoms with E-state index in [2.05, 4.69) is 6.92 Å². The molecule has 0 aromatic rings. The molecule has 0 aliphatic carbocycles. The van der Waals surface area contributed by atoms with Gasteiger partial charge in [-0.05, 0) is 6.42 Å². The summed E-state index contributed by atoms with van der Waals surface area (Å²) >= 11 is 0. The lowest BCUT2D eigenvalue weighted by atomic mass is 10.0. The lowest BCUT2D eigenvalue weighted by molar-refractivity contribution is -0.873. The fraction of sp³-hybridized carbons (Fsp3) is 1.00. The van der Waals surface area contributed by atoms with Crippen molar-refractivity contribution in [3.63, 3.8) is 0 Å². The van der Waals surface area contributed by atoms with Crippen molar-refractivity contribution >= 4 is 7.82 Å². The highest BCUT2D eigenvalue weighted by molar-refractivity contribution is 7.46. The molecule has 0 heterocycles. The van der Waals surface area contributed by atoms with Gasteiger partial charge in [-0.15, -0.1) is 0 Å². The standard InChI is InChI=1S/C21H46NO4P/c1-5-6-7-8-9-10-11-12-13-14-15-16-17-18-19-21(20-22(2,3)4)26-27(23,24)25/h21H,5-20H2,1-4H3,(H-,23,24,25)/p+1/t21-/m1/s1. The van der Waals surface area contributed by atoms with Crippen LogP contribution in [0.3, 0.4) is 0 Å². The van der Waals surface area contributed by atoms with Crippen LogP contribution in [0.15, 0.2) is 0 Å². The van der Waals surface area contributed by atoms with E-state index in [1.165, 1.54) is 77.0 Å². The number of quaternary nitrogens is 1. The van der Waals surface area contributed by atoms with Crippen LogP contribution in [0.4, 0.5) is 0 Å². The summed E-state index contributed by atoms with van der Waals surface area (Å²) in [5.41, 5.74) is 0. The van der Waals surface area contributed by atoms with Crippen LogP contribution >= 0.6 is 7.82 Å². The average Bonchev–Trinajstić information content (AvgIpc) is 2.52. The fourth-order valence-electron chi connectivity index (χ4n) is 3.55. The number of rotatable bonds is 19. The molecule has 0 fully saturated rings. The molecule has 0 aliphatic rings. The summed E-state index contributed by atoms with van der Waals surface area (Å²) in [5, 5.41) is 0. The van der Waals surface area contributed by atoms with Crippen molar-refractivity contribution in [2.45, 2.75) is 109 Å². The highest BCUT2D eigenvalue weighted by Crippen LogP contribution is 2.39. The molecular formula is C21H47NO4P+. The van der Waals surface area contributed by atoms with Crippen LogP contribution in [0.1, 0.15) is 103 Å². The van der Waals surface area contributed by atoms with Gasteiger partial charge in [0.25, 0.3) is 0 Å². The molecular weight excluding hydrogens is 361 g/mol. The Balaban J connectivity index is 3.58. The number of unbranched alkanes of at least 4 members (excludes halogenated alkanes) is 13. The van der Waals surface area contributed by atoms with E-state index in [1.807, 2.05) is 21.1 Å². The molecule has 2 N–H and O–H groups in total. The van der Waals surface area contributed by atoms with Crippen molar-refractivity contribution in [2.75, 3.05) is 27.7 Å². The Morgan fingerprint density at radius 3 is 1.44 bits per heavy atom. The Hall–Kier alpha value is 0.0700. The van der Waals surface area contributed by atoms with Gasteiger partial charge in [-0.25, -0.2) is 4.57 Å². The second-order valence-electron chi connectivity index (χ2n) is 9.08. The van der Waals surface area contributed by atoms with Gasteiger partial charge in [0.15, 0.2) is 0 Å². The van der Waals surface area contributed by atoms with E-state index in [9.17, 15) is 4.57 Å². The Morgan fingerprint density at radius 1 is 0.741 bits per heavy atom. The van der Waals surface area contributed by atoms with E-state index in [4.69, 9.17) is 14.3 Å².